The molecule has 1 saturated heterocycles. The third-order valence-electron chi connectivity index (χ3n) is 1.84. The first-order valence-corrected chi connectivity index (χ1v) is 4.11. The SMILES string of the molecule is CC(=O)OCCN1CCCC1=O. The van der Waals surface area contributed by atoms with Gasteiger partial charge in [-0.25, -0.2) is 0 Å². The van der Waals surface area contributed by atoms with Crippen LogP contribution in [0.25, 0.3) is 0 Å². The molecule has 0 saturated carbocycles. The molecule has 1 heterocycles. The first-order valence-electron chi connectivity index (χ1n) is 4.11. The highest BCUT2D eigenvalue weighted by Gasteiger charge is 2.19. The van der Waals surface area contributed by atoms with Gasteiger partial charge in [-0.1, -0.05) is 0 Å². The number of nitrogens with zero attached hydrogens (tertiary/aromatic N) is 1. The minimum atomic E-state index is -0.290. The summed E-state index contributed by atoms with van der Waals surface area (Å²) in [5, 5.41) is 0. The van der Waals surface area contributed by atoms with E-state index < -0.39 is 0 Å². The molecule has 1 aliphatic rings. The molecule has 12 heavy (non-hydrogen) atoms. The summed E-state index contributed by atoms with van der Waals surface area (Å²) in [6.07, 6.45) is 1.57. The molecular weight excluding hydrogens is 158 g/mol. The van der Waals surface area contributed by atoms with Crippen LogP contribution >= 0.6 is 0 Å². The van der Waals surface area contributed by atoms with Gasteiger partial charge in [-0.2, -0.15) is 0 Å². The molecule has 0 aromatic rings. The average molecular weight is 171 g/mol. The number of ether oxygens (including phenoxy) is 1. The van der Waals surface area contributed by atoms with Gasteiger partial charge in [-0.05, 0) is 6.42 Å². The van der Waals surface area contributed by atoms with Crippen LogP contribution in [-0.4, -0.2) is 36.5 Å². The van der Waals surface area contributed by atoms with Crippen molar-refractivity contribution in [3.05, 3.63) is 0 Å². The van der Waals surface area contributed by atoms with Crippen LogP contribution in [0.3, 0.4) is 0 Å². The molecule has 4 heteroatoms. The highest BCUT2D eigenvalue weighted by atomic mass is 16.5. The maximum atomic E-state index is 11.0. The fourth-order valence-electron chi connectivity index (χ4n) is 1.24. The van der Waals surface area contributed by atoms with E-state index in [9.17, 15) is 9.59 Å². The minimum Gasteiger partial charge on any atom is -0.464 e. The van der Waals surface area contributed by atoms with Crippen molar-refractivity contribution in [2.75, 3.05) is 19.7 Å². The maximum absolute atomic E-state index is 11.0. The van der Waals surface area contributed by atoms with E-state index in [1.807, 2.05) is 0 Å². The second kappa shape index (κ2) is 4.09. The third-order valence-corrected chi connectivity index (χ3v) is 1.84. The number of esters is 1. The molecule has 1 aliphatic heterocycles. The number of hydrogen-bond donors (Lipinski definition) is 0. The molecule has 4 nitrogen and oxygen atoms in total. The van der Waals surface area contributed by atoms with Crippen molar-refractivity contribution in [1.82, 2.24) is 4.90 Å². The highest BCUT2D eigenvalue weighted by molar-refractivity contribution is 5.78. The van der Waals surface area contributed by atoms with Gasteiger partial charge >= 0.3 is 5.97 Å². The van der Waals surface area contributed by atoms with Gasteiger partial charge in [0, 0.05) is 19.9 Å². The Morgan fingerprint density at radius 1 is 1.67 bits per heavy atom. The van der Waals surface area contributed by atoms with Crippen molar-refractivity contribution in [1.29, 1.82) is 0 Å². The molecule has 0 N–H and O–H groups in total. The Hall–Kier alpha value is -1.06. The maximum Gasteiger partial charge on any atom is 0.302 e. The number of likely N-dealkylation sites (tertiary alicyclic amines) is 1. The van der Waals surface area contributed by atoms with Gasteiger partial charge < -0.3 is 9.64 Å². The molecular formula is C8H13NO3. The molecule has 0 aromatic heterocycles. The molecule has 0 aromatic carbocycles. The van der Waals surface area contributed by atoms with Crippen molar-refractivity contribution in [3.63, 3.8) is 0 Å². The highest BCUT2D eigenvalue weighted by Crippen LogP contribution is 2.08. The summed E-state index contributed by atoms with van der Waals surface area (Å²) in [6.45, 7) is 3.03. The molecule has 1 rings (SSSR count). The predicted octanol–water partition coefficient (Wildman–Crippen LogP) is 0.172. The lowest BCUT2D eigenvalue weighted by atomic mass is 10.4. The van der Waals surface area contributed by atoms with Gasteiger partial charge in [0.15, 0.2) is 0 Å². The Morgan fingerprint density at radius 2 is 2.42 bits per heavy atom. The monoisotopic (exact) mass is 171 g/mol. The van der Waals surface area contributed by atoms with Gasteiger partial charge in [-0.15, -0.1) is 0 Å². The molecule has 0 bridgehead atoms. The Bertz CT molecular complexity index is 191. The van der Waals surface area contributed by atoms with E-state index in [-0.39, 0.29) is 11.9 Å². The van der Waals surface area contributed by atoms with Crippen LogP contribution in [0.15, 0.2) is 0 Å². The molecule has 1 fully saturated rings. The van der Waals surface area contributed by atoms with Crippen molar-refractivity contribution < 1.29 is 14.3 Å². The summed E-state index contributed by atoms with van der Waals surface area (Å²) < 4.78 is 4.72. The van der Waals surface area contributed by atoms with Crippen molar-refractivity contribution in [2.45, 2.75) is 19.8 Å². The molecule has 0 spiro atoms. The predicted molar refractivity (Wildman–Crippen MR) is 42.4 cm³/mol. The normalized spacial score (nSPS) is 16.8. The van der Waals surface area contributed by atoms with Crippen LogP contribution in [0, 0.1) is 0 Å². The van der Waals surface area contributed by atoms with E-state index in [0.29, 0.717) is 19.6 Å². The standard InChI is InChI=1S/C8H13NO3/c1-7(10)12-6-5-9-4-2-3-8(9)11/h2-6H2,1H3. The minimum absolute atomic E-state index is 0.169. The Kier molecular flexibility index (Phi) is 3.08. The summed E-state index contributed by atoms with van der Waals surface area (Å²) in [4.78, 5) is 23.1. The van der Waals surface area contributed by atoms with E-state index in [4.69, 9.17) is 4.74 Å². The van der Waals surface area contributed by atoms with E-state index in [1.54, 1.807) is 4.90 Å². The Morgan fingerprint density at radius 3 is 2.92 bits per heavy atom. The van der Waals surface area contributed by atoms with Gasteiger partial charge in [0.2, 0.25) is 5.91 Å². The second-order valence-corrected chi connectivity index (χ2v) is 2.82. The van der Waals surface area contributed by atoms with Gasteiger partial charge in [0.1, 0.15) is 6.61 Å². The van der Waals surface area contributed by atoms with Crippen molar-refractivity contribution in [2.24, 2.45) is 0 Å². The van der Waals surface area contributed by atoms with E-state index in [1.165, 1.54) is 6.92 Å². The number of amides is 1. The lowest BCUT2D eigenvalue weighted by Gasteiger charge is -2.14. The van der Waals surface area contributed by atoms with Gasteiger partial charge in [0.05, 0.1) is 6.54 Å². The van der Waals surface area contributed by atoms with Crippen LogP contribution in [0.4, 0.5) is 0 Å². The molecule has 0 unspecified atom stereocenters. The Balaban J connectivity index is 2.14. The van der Waals surface area contributed by atoms with Crippen LogP contribution in [0.5, 0.6) is 0 Å². The first-order chi connectivity index (χ1) is 5.70. The van der Waals surface area contributed by atoms with Crippen LogP contribution in [-0.2, 0) is 14.3 Å². The fourth-order valence-corrected chi connectivity index (χ4v) is 1.24. The van der Waals surface area contributed by atoms with Gasteiger partial charge in [0.25, 0.3) is 0 Å². The topological polar surface area (TPSA) is 46.6 Å². The molecule has 68 valence electrons. The molecule has 0 radical (unpaired) electrons. The summed E-state index contributed by atoms with van der Waals surface area (Å²) >= 11 is 0. The lowest BCUT2D eigenvalue weighted by molar-refractivity contribution is -0.142. The molecule has 0 atom stereocenters. The van der Waals surface area contributed by atoms with Gasteiger partial charge in [-0.3, -0.25) is 9.59 Å². The molecule has 0 aliphatic carbocycles. The fraction of sp³-hybridized carbons (Fsp3) is 0.750. The zero-order chi connectivity index (χ0) is 8.97. The van der Waals surface area contributed by atoms with Crippen LogP contribution in [0.1, 0.15) is 19.8 Å². The lowest BCUT2D eigenvalue weighted by Crippen LogP contribution is -2.28. The average Bonchev–Trinajstić information content (AvgIpc) is 2.36. The number of carbonyl (C=O) groups is 2. The van der Waals surface area contributed by atoms with E-state index >= 15 is 0 Å². The third kappa shape index (κ3) is 2.53. The molecule has 1 amide bonds. The van der Waals surface area contributed by atoms with E-state index in [2.05, 4.69) is 0 Å². The largest absolute Gasteiger partial charge is 0.464 e. The number of carbonyl (C=O) groups excluding carboxylic acids is 2. The summed E-state index contributed by atoms with van der Waals surface area (Å²) in [7, 11) is 0. The summed E-state index contributed by atoms with van der Waals surface area (Å²) in [5.41, 5.74) is 0. The summed E-state index contributed by atoms with van der Waals surface area (Å²) in [6, 6.07) is 0. The van der Waals surface area contributed by atoms with Crippen molar-refractivity contribution in [3.8, 4) is 0 Å². The summed E-state index contributed by atoms with van der Waals surface area (Å²) in [5.74, 6) is -0.121. The van der Waals surface area contributed by atoms with Crippen molar-refractivity contribution >= 4 is 11.9 Å². The second-order valence-electron chi connectivity index (χ2n) is 2.82. The zero-order valence-electron chi connectivity index (χ0n) is 7.21. The quantitative estimate of drug-likeness (QED) is 0.569. The number of hydrogen-bond acceptors (Lipinski definition) is 3. The smallest absolute Gasteiger partial charge is 0.302 e. The number of rotatable bonds is 3. The Labute approximate surface area is 71.5 Å². The first kappa shape index (κ1) is 9.03. The van der Waals surface area contributed by atoms with Crippen LogP contribution in [0.2, 0.25) is 0 Å². The zero-order valence-corrected chi connectivity index (χ0v) is 7.21. The van der Waals surface area contributed by atoms with E-state index in [0.717, 1.165) is 13.0 Å². The van der Waals surface area contributed by atoms with Crippen LogP contribution < -0.4 is 0 Å².